The summed E-state index contributed by atoms with van der Waals surface area (Å²) < 4.78 is 43.8. The van der Waals surface area contributed by atoms with Crippen LogP contribution in [0.25, 0.3) is 0 Å². The van der Waals surface area contributed by atoms with Crippen molar-refractivity contribution in [3.8, 4) is 5.88 Å². The van der Waals surface area contributed by atoms with Crippen LogP contribution in [-0.2, 0) is 13.6 Å². The van der Waals surface area contributed by atoms with Gasteiger partial charge >= 0.3 is 6.18 Å². The van der Waals surface area contributed by atoms with Crippen molar-refractivity contribution >= 4 is 0 Å². The average Bonchev–Trinajstić information content (AvgIpc) is 2.63. The Morgan fingerprint density at radius 2 is 1.80 bits per heavy atom. The molecule has 2 N–H and O–H groups in total. The van der Waals surface area contributed by atoms with E-state index in [1.54, 1.807) is 14.0 Å². The highest BCUT2D eigenvalue weighted by atomic mass is 19.4. The van der Waals surface area contributed by atoms with Gasteiger partial charge in [0, 0.05) is 30.7 Å². The zero-order valence-electron chi connectivity index (χ0n) is 15.8. The van der Waals surface area contributed by atoms with Gasteiger partial charge in [-0.15, -0.1) is 0 Å². The number of aromatic nitrogens is 2. The lowest BCUT2D eigenvalue weighted by molar-refractivity contribution is -0.154. The van der Waals surface area contributed by atoms with E-state index in [1.807, 2.05) is 0 Å². The van der Waals surface area contributed by atoms with E-state index in [-0.39, 0.29) is 23.0 Å². The number of nitrogens with zero attached hydrogens (tertiary/aromatic N) is 2. The van der Waals surface area contributed by atoms with Crippen molar-refractivity contribution in [2.45, 2.75) is 77.3 Å². The molecule has 144 valence electrons. The number of hydrogen-bond acceptors (Lipinski definition) is 4. The maximum Gasteiger partial charge on any atom is 0.422 e. The van der Waals surface area contributed by atoms with Crippen LogP contribution >= 0.6 is 0 Å². The first-order valence-electron chi connectivity index (χ1n) is 8.53. The van der Waals surface area contributed by atoms with Crippen molar-refractivity contribution < 1.29 is 17.9 Å². The Morgan fingerprint density at radius 1 is 1.24 bits per heavy atom. The summed E-state index contributed by atoms with van der Waals surface area (Å²) in [4.78, 5) is 0. The number of halogens is 3. The molecule has 1 fully saturated rings. The fourth-order valence-corrected chi connectivity index (χ4v) is 3.93. The molecule has 0 saturated carbocycles. The van der Waals surface area contributed by atoms with Crippen molar-refractivity contribution in [1.29, 1.82) is 0 Å². The van der Waals surface area contributed by atoms with Gasteiger partial charge in [-0.25, -0.2) is 4.68 Å². The van der Waals surface area contributed by atoms with Crippen LogP contribution in [0.2, 0.25) is 0 Å². The molecule has 1 aliphatic rings. The summed E-state index contributed by atoms with van der Waals surface area (Å²) in [5, 5.41) is 11.3. The van der Waals surface area contributed by atoms with Crippen LogP contribution in [0, 0.1) is 6.92 Å². The molecule has 0 unspecified atom stereocenters. The standard InChI is InChI=1S/C17H29F3N4O/c1-11-13(14(24(6)22-11)25-10-17(18,19)20)9-21-12-7-15(2,3)23-16(4,5)8-12/h12,21,23H,7-10H2,1-6H3. The molecule has 1 aliphatic heterocycles. The minimum atomic E-state index is -4.37. The first kappa shape index (κ1) is 20.0. The van der Waals surface area contributed by atoms with Gasteiger partial charge in [0.05, 0.1) is 11.3 Å². The number of hydrogen-bond donors (Lipinski definition) is 2. The predicted molar refractivity (Wildman–Crippen MR) is 90.7 cm³/mol. The molecule has 0 radical (unpaired) electrons. The van der Waals surface area contributed by atoms with Crippen LogP contribution in [0.3, 0.4) is 0 Å². The summed E-state index contributed by atoms with van der Waals surface area (Å²) in [6.45, 7) is 9.56. The molecule has 8 heteroatoms. The lowest BCUT2D eigenvalue weighted by Crippen LogP contribution is -2.61. The lowest BCUT2D eigenvalue weighted by Gasteiger charge is -2.46. The smallest absolute Gasteiger partial charge is 0.422 e. The van der Waals surface area contributed by atoms with Crippen molar-refractivity contribution in [3.05, 3.63) is 11.3 Å². The van der Waals surface area contributed by atoms with E-state index in [9.17, 15) is 13.2 Å². The normalized spacial score (nSPS) is 20.7. The van der Waals surface area contributed by atoms with Gasteiger partial charge in [-0.3, -0.25) is 0 Å². The van der Waals surface area contributed by atoms with Crippen molar-refractivity contribution in [3.63, 3.8) is 0 Å². The molecule has 0 bridgehead atoms. The molecule has 1 aromatic heterocycles. The number of aryl methyl sites for hydroxylation is 2. The number of nitrogens with one attached hydrogen (secondary N) is 2. The number of ether oxygens (including phenoxy) is 1. The topological polar surface area (TPSA) is 51.1 Å². The van der Waals surface area contributed by atoms with E-state index in [0.717, 1.165) is 12.8 Å². The Labute approximate surface area is 147 Å². The Balaban J connectivity index is 2.07. The zero-order valence-corrected chi connectivity index (χ0v) is 15.8. The summed E-state index contributed by atoms with van der Waals surface area (Å²) in [6.07, 6.45) is -2.49. The molecule has 25 heavy (non-hydrogen) atoms. The first-order valence-corrected chi connectivity index (χ1v) is 8.53. The molecular weight excluding hydrogens is 333 g/mol. The molecule has 0 atom stereocenters. The van der Waals surface area contributed by atoms with Crippen LogP contribution in [0.15, 0.2) is 0 Å². The highest BCUT2D eigenvalue weighted by molar-refractivity contribution is 5.31. The Hall–Kier alpha value is -1.28. The summed E-state index contributed by atoms with van der Waals surface area (Å²) in [5.74, 6) is 0.176. The average molecular weight is 362 g/mol. The molecule has 0 amide bonds. The summed E-state index contributed by atoms with van der Waals surface area (Å²) in [5.41, 5.74) is 1.36. The van der Waals surface area contributed by atoms with Gasteiger partial charge < -0.3 is 15.4 Å². The highest BCUT2D eigenvalue weighted by Gasteiger charge is 2.37. The maximum absolute atomic E-state index is 12.5. The van der Waals surface area contributed by atoms with Gasteiger partial charge in [-0.05, 0) is 47.5 Å². The third kappa shape index (κ3) is 5.60. The molecule has 0 spiro atoms. The second kappa shape index (κ2) is 6.79. The quantitative estimate of drug-likeness (QED) is 0.845. The minimum Gasteiger partial charge on any atom is -0.468 e. The SMILES string of the molecule is Cc1nn(C)c(OCC(F)(F)F)c1CNC1CC(C)(C)NC(C)(C)C1. The van der Waals surface area contributed by atoms with Crippen LogP contribution in [-0.4, -0.2) is 39.7 Å². The van der Waals surface area contributed by atoms with Crippen molar-refractivity contribution in [2.75, 3.05) is 6.61 Å². The van der Waals surface area contributed by atoms with Crippen LogP contribution in [0.1, 0.15) is 51.8 Å². The number of rotatable bonds is 5. The largest absolute Gasteiger partial charge is 0.468 e. The first-order chi connectivity index (χ1) is 11.3. The van der Waals surface area contributed by atoms with E-state index in [1.165, 1.54) is 4.68 Å². The zero-order chi connectivity index (χ0) is 19.0. The molecule has 2 rings (SSSR count). The van der Waals surface area contributed by atoms with Crippen LogP contribution < -0.4 is 15.4 Å². The second-order valence-corrected chi connectivity index (χ2v) is 8.28. The maximum atomic E-state index is 12.5. The van der Waals surface area contributed by atoms with Gasteiger partial charge in [-0.1, -0.05) is 0 Å². The van der Waals surface area contributed by atoms with E-state index in [0.29, 0.717) is 17.8 Å². The lowest BCUT2D eigenvalue weighted by atomic mass is 9.79. The van der Waals surface area contributed by atoms with E-state index in [4.69, 9.17) is 4.74 Å². The third-order valence-corrected chi connectivity index (χ3v) is 4.42. The molecule has 0 aromatic carbocycles. The second-order valence-electron chi connectivity index (χ2n) is 8.28. The minimum absolute atomic E-state index is 0.000979. The van der Waals surface area contributed by atoms with Crippen LogP contribution in [0.4, 0.5) is 13.2 Å². The highest BCUT2D eigenvalue weighted by Crippen LogP contribution is 2.30. The molecule has 0 aliphatic carbocycles. The Kier molecular flexibility index (Phi) is 5.45. The molecule has 2 heterocycles. The molecule has 1 aromatic rings. The fraction of sp³-hybridized carbons (Fsp3) is 0.824. The van der Waals surface area contributed by atoms with Gasteiger partial charge in [-0.2, -0.15) is 18.3 Å². The Bertz CT molecular complexity index is 592. The molecule has 1 saturated heterocycles. The van der Waals surface area contributed by atoms with E-state index < -0.39 is 12.8 Å². The Morgan fingerprint density at radius 3 is 2.32 bits per heavy atom. The van der Waals surface area contributed by atoms with Crippen LogP contribution in [0.5, 0.6) is 5.88 Å². The van der Waals surface area contributed by atoms with E-state index >= 15 is 0 Å². The summed E-state index contributed by atoms with van der Waals surface area (Å²) >= 11 is 0. The van der Waals surface area contributed by atoms with Gasteiger partial charge in [0.15, 0.2) is 6.61 Å². The number of alkyl halides is 3. The summed E-state index contributed by atoms with van der Waals surface area (Å²) in [6, 6.07) is 0.265. The van der Waals surface area contributed by atoms with Gasteiger partial charge in [0.1, 0.15) is 0 Å². The molecular formula is C17H29F3N4O. The van der Waals surface area contributed by atoms with Crippen molar-refractivity contribution in [1.82, 2.24) is 20.4 Å². The van der Waals surface area contributed by atoms with E-state index in [2.05, 4.69) is 43.4 Å². The molecule has 5 nitrogen and oxygen atoms in total. The van der Waals surface area contributed by atoms with Gasteiger partial charge in [0.2, 0.25) is 5.88 Å². The third-order valence-electron chi connectivity index (χ3n) is 4.42. The predicted octanol–water partition coefficient (Wildman–Crippen LogP) is 3.07. The summed E-state index contributed by atoms with van der Waals surface area (Å²) in [7, 11) is 1.60. The number of piperidine rings is 1. The van der Waals surface area contributed by atoms with Crippen molar-refractivity contribution in [2.24, 2.45) is 7.05 Å². The monoisotopic (exact) mass is 362 g/mol. The fourth-order valence-electron chi connectivity index (χ4n) is 3.93. The van der Waals surface area contributed by atoms with Gasteiger partial charge in [0.25, 0.3) is 0 Å².